The maximum absolute atomic E-state index is 10.2. The molecule has 3 rings (SSSR count). The number of hydrogen-bond acceptors (Lipinski definition) is 4. The van der Waals surface area contributed by atoms with Gasteiger partial charge in [-0.1, -0.05) is 51.7 Å². The largest absolute Gasteiger partial charge is 0.354 e. The number of amidine groups is 1. The molecule has 2 aliphatic rings. The van der Waals surface area contributed by atoms with E-state index in [2.05, 4.69) is 53.9 Å². The molecule has 0 fully saturated rings. The fraction of sp³-hybridized carbons (Fsp3) is 0.583. The molecule has 0 aliphatic carbocycles. The standard InChI is InChI=1S/C24H35N3O/c1-5-7-8-9-10-14-27-22-16-19(6-2)17(3)15-20(22)12-11-13-21-18(4)25-24(28)26-23(21)27/h13,15-16,24,28H,5-12,14H2,1-4H3/b21-13-. The second kappa shape index (κ2) is 9.51. The molecule has 4 nitrogen and oxygen atoms in total. The van der Waals surface area contributed by atoms with Gasteiger partial charge in [-0.25, -0.2) is 9.98 Å². The van der Waals surface area contributed by atoms with Gasteiger partial charge in [0.1, 0.15) is 5.84 Å². The van der Waals surface area contributed by atoms with E-state index >= 15 is 0 Å². The maximum Gasteiger partial charge on any atom is 0.245 e. The highest BCUT2D eigenvalue weighted by molar-refractivity contribution is 6.28. The first-order chi connectivity index (χ1) is 13.5. The third-order valence-corrected chi connectivity index (χ3v) is 5.89. The van der Waals surface area contributed by atoms with Crippen LogP contribution in [0.15, 0.2) is 33.8 Å². The SMILES string of the molecule is CCCCCCCN1C2=NC(O)N=C(C)/C2=C/CCc2cc(C)c(CC)cc21. The molecule has 0 saturated carbocycles. The van der Waals surface area contributed by atoms with E-state index < -0.39 is 6.35 Å². The topological polar surface area (TPSA) is 48.2 Å². The number of hydrogen-bond donors (Lipinski definition) is 1. The lowest BCUT2D eigenvalue weighted by atomic mass is 9.94. The van der Waals surface area contributed by atoms with Gasteiger partial charge in [-0.05, 0) is 62.3 Å². The highest BCUT2D eigenvalue weighted by atomic mass is 16.3. The van der Waals surface area contributed by atoms with Crippen molar-refractivity contribution < 1.29 is 5.11 Å². The normalized spacial score (nSPS) is 21.0. The average Bonchev–Trinajstić information content (AvgIpc) is 2.65. The quantitative estimate of drug-likeness (QED) is 0.647. The monoisotopic (exact) mass is 381 g/mol. The average molecular weight is 382 g/mol. The number of anilines is 1. The second-order valence-electron chi connectivity index (χ2n) is 8.00. The summed E-state index contributed by atoms with van der Waals surface area (Å²) in [4.78, 5) is 11.2. The number of aliphatic hydroxyl groups is 1. The molecular weight excluding hydrogens is 346 g/mol. The first-order valence-corrected chi connectivity index (χ1v) is 11.0. The van der Waals surface area contributed by atoms with Crippen molar-refractivity contribution in [2.75, 3.05) is 11.4 Å². The molecule has 1 aromatic carbocycles. The van der Waals surface area contributed by atoms with Crippen molar-refractivity contribution in [2.45, 2.75) is 85.4 Å². The molecule has 1 atom stereocenters. The third kappa shape index (κ3) is 4.54. The zero-order chi connectivity index (χ0) is 20.1. The van der Waals surface area contributed by atoms with Crippen LogP contribution in [-0.4, -0.2) is 29.6 Å². The fourth-order valence-electron chi connectivity index (χ4n) is 4.28. The highest BCUT2D eigenvalue weighted by Gasteiger charge is 2.27. The molecule has 0 amide bonds. The van der Waals surface area contributed by atoms with Crippen LogP contribution in [0.1, 0.15) is 76.0 Å². The molecule has 0 bridgehead atoms. The van der Waals surface area contributed by atoms with Gasteiger partial charge in [0.15, 0.2) is 0 Å². The van der Waals surface area contributed by atoms with E-state index in [9.17, 15) is 5.11 Å². The second-order valence-corrected chi connectivity index (χ2v) is 8.00. The van der Waals surface area contributed by atoms with Crippen LogP contribution in [0.2, 0.25) is 0 Å². The van der Waals surface area contributed by atoms with Gasteiger partial charge in [-0.3, -0.25) is 0 Å². The van der Waals surface area contributed by atoms with E-state index in [-0.39, 0.29) is 0 Å². The highest BCUT2D eigenvalue weighted by Crippen LogP contribution is 2.32. The molecule has 1 aromatic rings. The van der Waals surface area contributed by atoms with E-state index in [4.69, 9.17) is 0 Å². The summed E-state index contributed by atoms with van der Waals surface area (Å²) >= 11 is 0. The lowest BCUT2D eigenvalue weighted by Gasteiger charge is -2.34. The van der Waals surface area contributed by atoms with E-state index in [1.54, 1.807) is 0 Å². The zero-order valence-electron chi connectivity index (χ0n) is 18.0. The minimum Gasteiger partial charge on any atom is -0.354 e. The lowest BCUT2D eigenvalue weighted by molar-refractivity contribution is 0.194. The van der Waals surface area contributed by atoms with Gasteiger partial charge < -0.3 is 10.0 Å². The Kier molecular flexibility index (Phi) is 7.06. The van der Waals surface area contributed by atoms with E-state index in [0.29, 0.717) is 0 Å². The van der Waals surface area contributed by atoms with Crippen molar-refractivity contribution in [3.63, 3.8) is 0 Å². The summed E-state index contributed by atoms with van der Waals surface area (Å²) in [7, 11) is 0. The van der Waals surface area contributed by atoms with Gasteiger partial charge in [0.05, 0.1) is 0 Å². The Bertz CT molecular complexity index is 791. The number of rotatable bonds is 7. The number of nitrogens with zero attached hydrogens (tertiary/aromatic N) is 3. The molecule has 0 saturated heterocycles. The minimum atomic E-state index is -0.992. The van der Waals surface area contributed by atoms with Crippen molar-refractivity contribution in [3.05, 3.63) is 40.5 Å². The zero-order valence-corrected chi connectivity index (χ0v) is 18.0. The maximum atomic E-state index is 10.2. The molecule has 152 valence electrons. The van der Waals surface area contributed by atoms with Crippen molar-refractivity contribution >= 4 is 17.2 Å². The van der Waals surface area contributed by atoms with Crippen LogP contribution in [-0.2, 0) is 12.8 Å². The molecule has 2 aliphatic heterocycles. The van der Waals surface area contributed by atoms with Crippen LogP contribution in [0, 0.1) is 6.92 Å². The lowest BCUT2D eigenvalue weighted by Crippen LogP contribution is -2.39. The molecular formula is C24H35N3O. The van der Waals surface area contributed by atoms with Crippen molar-refractivity contribution in [2.24, 2.45) is 9.98 Å². The van der Waals surface area contributed by atoms with Crippen LogP contribution in [0.3, 0.4) is 0 Å². The molecule has 4 heteroatoms. The first-order valence-electron chi connectivity index (χ1n) is 11.0. The van der Waals surface area contributed by atoms with Crippen LogP contribution in [0.25, 0.3) is 0 Å². The molecule has 1 N–H and O–H groups in total. The number of aliphatic hydroxyl groups excluding tert-OH is 1. The number of aliphatic imine (C=N–C) groups is 2. The predicted molar refractivity (Wildman–Crippen MR) is 120 cm³/mol. The summed E-state index contributed by atoms with van der Waals surface area (Å²) in [5.74, 6) is 0.891. The molecule has 0 radical (unpaired) electrons. The Morgan fingerprint density at radius 1 is 1.07 bits per heavy atom. The number of aryl methyl sites for hydroxylation is 3. The number of benzene rings is 1. The Labute approximate surface area is 170 Å². The van der Waals surface area contributed by atoms with Crippen LogP contribution in [0.4, 0.5) is 5.69 Å². The van der Waals surface area contributed by atoms with Gasteiger partial charge >= 0.3 is 0 Å². The van der Waals surface area contributed by atoms with E-state index in [1.165, 1.54) is 48.1 Å². The smallest absolute Gasteiger partial charge is 0.245 e. The fourth-order valence-corrected chi connectivity index (χ4v) is 4.28. The third-order valence-electron chi connectivity index (χ3n) is 5.89. The van der Waals surface area contributed by atoms with Gasteiger partial charge in [0, 0.05) is 23.5 Å². The van der Waals surface area contributed by atoms with E-state index in [1.807, 2.05) is 6.92 Å². The predicted octanol–water partition coefficient (Wildman–Crippen LogP) is 5.36. The summed E-state index contributed by atoms with van der Waals surface area (Å²) in [5, 5.41) is 10.2. The minimum absolute atomic E-state index is 0.889. The Balaban J connectivity index is 2.00. The van der Waals surface area contributed by atoms with Crippen LogP contribution >= 0.6 is 0 Å². The molecule has 2 heterocycles. The summed E-state index contributed by atoms with van der Waals surface area (Å²) in [6.07, 6.45) is 10.5. The van der Waals surface area contributed by atoms with Gasteiger partial charge in [0.2, 0.25) is 6.35 Å². The molecule has 28 heavy (non-hydrogen) atoms. The van der Waals surface area contributed by atoms with Gasteiger partial charge in [-0.2, -0.15) is 0 Å². The van der Waals surface area contributed by atoms with Crippen molar-refractivity contribution in [1.82, 2.24) is 0 Å². The van der Waals surface area contributed by atoms with Crippen LogP contribution in [0.5, 0.6) is 0 Å². The molecule has 0 aromatic heterocycles. The van der Waals surface area contributed by atoms with Gasteiger partial charge in [-0.15, -0.1) is 0 Å². The summed E-state index contributed by atoms with van der Waals surface area (Å²) in [6.45, 7) is 9.60. The van der Waals surface area contributed by atoms with Crippen molar-refractivity contribution in [3.8, 4) is 0 Å². The summed E-state index contributed by atoms with van der Waals surface area (Å²) in [6, 6.07) is 4.72. The number of fused-ring (bicyclic) bond motifs is 2. The number of allylic oxidation sites excluding steroid dienone is 1. The Morgan fingerprint density at radius 2 is 1.86 bits per heavy atom. The molecule has 1 unspecified atom stereocenters. The summed E-state index contributed by atoms with van der Waals surface area (Å²) in [5.41, 5.74) is 7.39. The molecule has 0 spiro atoms. The first kappa shape index (κ1) is 20.8. The van der Waals surface area contributed by atoms with Gasteiger partial charge in [0.25, 0.3) is 0 Å². The Hall–Kier alpha value is -1.94. The summed E-state index contributed by atoms with van der Waals surface area (Å²) < 4.78 is 0. The van der Waals surface area contributed by atoms with Crippen molar-refractivity contribution in [1.29, 1.82) is 0 Å². The van der Waals surface area contributed by atoms with E-state index in [0.717, 1.165) is 49.3 Å². The number of unbranched alkanes of at least 4 members (excludes halogenated alkanes) is 4. The Morgan fingerprint density at radius 3 is 2.61 bits per heavy atom. The van der Waals surface area contributed by atoms with Crippen LogP contribution < -0.4 is 4.90 Å².